The number of hydrogen-bond donors (Lipinski definition) is 3. The molecule has 1 saturated heterocycles. The third-order valence-electron chi connectivity index (χ3n) is 10.3. The van der Waals surface area contributed by atoms with Crippen molar-refractivity contribution in [2.75, 3.05) is 6.54 Å². The molecule has 3 fully saturated rings. The number of ether oxygens (including phenoxy) is 2. The fourth-order valence-electron chi connectivity index (χ4n) is 7.23. The molecule has 2 aliphatic heterocycles. The van der Waals surface area contributed by atoms with Gasteiger partial charge in [0.15, 0.2) is 5.78 Å². The molecule has 17 heteroatoms. The van der Waals surface area contributed by atoms with Gasteiger partial charge in [-0.05, 0) is 71.6 Å². The molecular weight excluding hydrogens is 750 g/mol. The van der Waals surface area contributed by atoms with E-state index in [0.717, 1.165) is 10.5 Å². The molecule has 0 spiro atoms. The highest BCUT2D eigenvalue weighted by Crippen LogP contribution is 2.45. The molecule has 5 atom stereocenters. The van der Waals surface area contributed by atoms with Crippen molar-refractivity contribution >= 4 is 45.7 Å². The van der Waals surface area contributed by atoms with E-state index in [-0.39, 0.29) is 44.7 Å². The van der Waals surface area contributed by atoms with Gasteiger partial charge in [0, 0.05) is 36.3 Å². The molecule has 306 valence electrons. The number of amides is 5. The number of likely N-dealkylation sites (tertiary alicyclic amines) is 1. The molecule has 4 aliphatic rings. The van der Waals surface area contributed by atoms with Gasteiger partial charge in [-0.3, -0.25) is 28.8 Å². The lowest BCUT2D eigenvalue weighted by Crippen LogP contribution is -2.61. The molecule has 5 rings (SSSR count). The van der Waals surface area contributed by atoms with Gasteiger partial charge in [0.2, 0.25) is 21.8 Å². The van der Waals surface area contributed by atoms with E-state index in [1.807, 2.05) is 0 Å². The van der Waals surface area contributed by atoms with Crippen molar-refractivity contribution in [2.24, 2.45) is 11.3 Å². The summed E-state index contributed by atoms with van der Waals surface area (Å²) >= 11 is 0. The Labute approximate surface area is 326 Å². The first-order chi connectivity index (χ1) is 26.0. The number of nitrogens with zero attached hydrogens (tertiary/aromatic N) is 2. The number of nitrogens with one attached hydrogen (secondary N) is 3. The minimum Gasteiger partial charge on any atom is -0.444 e. The van der Waals surface area contributed by atoms with Crippen LogP contribution in [0.25, 0.3) is 0 Å². The number of carbonyl (C=O) groups excluding carboxylic acids is 6. The minimum absolute atomic E-state index is 0.0434. The number of sulfonamides is 1. The van der Waals surface area contributed by atoms with Crippen molar-refractivity contribution in [1.29, 1.82) is 0 Å². The summed E-state index contributed by atoms with van der Waals surface area (Å²) in [5.41, 5.74) is -2.22. The lowest BCUT2D eigenvalue weighted by molar-refractivity contribution is -0.143. The summed E-state index contributed by atoms with van der Waals surface area (Å²) in [6.07, 6.45) is 0.399. The highest BCUT2D eigenvalue weighted by molar-refractivity contribution is 7.91. The summed E-state index contributed by atoms with van der Waals surface area (Å²) in [4.78, 5) is 84.7. The van der Waals surface area contributed by atoms with Crippen LogP contribution in [0.1, 0.15) is 91.7 Å². The molecular formula is C39H52FN5O10S. The predicted octanol–water partition coefficient (Wildman–Crippen LogP) is 3.76. The maximum atomic E-state index is 14.8. The van der Waals surface area contributed by atoms with Crippen molar-refractivity contribution in [3.05, 3.63) is 59.4 Å². The molecule has 0 bridgehead atoms. The number of ketones is 1. The summed E-state index contributed by atoms with van der Waals surface area (Å²) in [5.74, 6) is -3.99. The van der Waals surface area contributed by atoms with Crippen LogP contribution in [-0.2, 0) is 51.8 Å². The topological polar surface area (TPSA) is 198 Å². The number of halogens is 1. The molecule has 2 unspecified atom stereocenters. The Morgan fingerprint density at radius 2 is 1.75 bits per heavy atom. The molecule has 2 aliphatic carbocycles. The number of allylic oxidation sites excluding steroid dienone is 2. The van der Waals surface area contributed by atoms with E-state index in [4.69, 9.17) is 9.47 Å². The van der Waals surface area contributed by atoms with Crippen LogP contribution in [0.5, 0.6) is 0 Å². The second kappa shape index (κ2) is 15.6. The van der Waals surface area contributed by atoms with Gasteiger partial charge < -0.3 is 25.0 Å². The lowest BCUT2D eigenvalue weighted by atomic mass is 9.78. The number of rotatable bonds is 13. The number of carbonyl (C=O) groups is 6. The van der Waals surface area contributed by atoms with Crippen molar-refractivity contribution in [3.8, 4) is 0 Å². The first-order valence-electron chi connectivity index (χ1n) is 18.7. The molecule has 3 N–H and O–H groups in total. The molecule has 1 aromatic rings. The van der Waals surface area contributed by atoms with Crippen molar-refractivity contribution in [3.63, 3.8) is 0 Å². The normalized spacial score (nSPS) is 23.6. The SMILES string of the molecule is C=C[C@@H]1C[C@]1(NC(=O)C1CC(OC(=O)N2Cc3cccc(F)c3C2)CN1C(=O)[C@@H](NC(=O)OC(C)(C)C)C(C)(C)CC(=O)C=C(C)C)C(=O)NS(=O)(=O)C1CC1. The van der Waals surface area contributed by atoms with Gasteiger partial charge in [-0.15, -0.1) is 6.58 Å². The zero-order chi connectivity index (χ0) is 41.5. The molecule has 2 saturated carbocycles. The van der Waals surface area contributed by atoms with E-state index in [0.29, 0.717) is 24.0 Å². The van der Waals surface area contributed by atoms with E-state index in [1.54, 1.807) is 54.5 Å². The van der Waals surface area contributed by atoms with Gasteiger partial charge in [0.05, 0.1) is 18.3 Å². The Bertz CT molecular complexity index is 1950. The Morgan fingerprint density at radius 3 is 2.32 bits per heavy atom. The standard InChI is InChI=1S/C39H52FN5O10S/c1-9-24-17-39(24,34(49)43-56(52,53)27-13-14-27)42-32(47)30-16-26(54-36(51)44-19-23-11-10-12-29(40)28(23)21-44)20-45(30)33(48)31(41-35(50)55-37(4,5)6)38(7,8)18-25(46)15-22(2)3/h9-12,15,24,26-27,30-31H,1,13-14,16-21H2,2-8H3,(H,41,50)(H,42,47)(H,43,49)/t24-,26?,30?,31-,39-/m1/s1. The Hall–Kier alpha value is -4.80. The second-order valence-electron chi connectivity index (χ2n) is 17.1. The maximum absolute atomic E-state index is 14.8. The fraction of sp³-hybridized carbons (Fsp3) is 0.590. The smallest absolute Gasteiger partial charge is 0.410 e. The maximum Gasteiger partial charge on any atom is 0.410 e. The van der Waals surface area contributed by atoms with Crippen molar-refractivity contribution < 1.29 is 51.0 Å². The summed E-state index contributed by atoms with van der Waals surface area (Å²) in [5, 5.41) is 4.58. The van der Waals surface area contributed by atoms with Crippen LogP contribution < -0.4 is 15.4 Å². The van der Waals surface area contributed by atoms with Crippen LogP contribution >= 0.6 is 0 Å². The number of alkyl carbamates (subject to hydrolysis) is 1. The quantitative estimate of drug-likeness (QED) is 0.195. The van der Waals surface area contributed by atoms with E-state index in [2.05, 4.69) is 21.9 Å². The van der Waals surface area contributed by atoms with Crippen LogP contribution in [0.2, 0.25) is 0 Å². The first kappa shape index (κ1) is 42.3. The van der Waals surface area contributed by atoms with Crippen LogP contribution in [0, 0.1) is 17.2 Å². The largest absolute Gasteiger partial charge is 0.444 e. The second-order valence-corrected chi connectivity index (χ2v) is 19.1. The number of benzene rings is 1. The summed E-state index contributed by atoms with van der Waals surface area (Å²) in [6, 6.07) is 1.68. The summed E-state index contributed by atoms with van der Waals surface area (Å²) in [6.45, 7) is 15.0. The van der Waals surface area contributed by atoms with Gasteiger partial charge in [-0.25, -0.2) is 22.4 Å². The molecule has 5 amide bonds. The number of hydrogen-bond acceptors (Lipinski definition) is 10. The average Bonchev–Trinajstić information content (AvgIpc) is 3.96. The third kappa shape index (κ3) is 9.59. The van der Waals surface area contributed by atoms with E-state index in [9.17, 15) is 41.6 Å². The van der Waals surface area contributed by atoms with Crippen LogP contribution in [-0.4, -0.2) is 95.0 Å². The van der Waals surface area contributed by atoms with E-state index < -0.39 is 91.7 Å². The Balaban J connectivity index is 1.44. The van der Waals surface area contributed by atoms with E-state index >= 15 is 0 Å². The minimum atomic E-state index is -3.98. The fourth-order valence-corrected chi connectivity index (χ4v) is 8.59. The molecule has 15 nitrogen and oxygen atoms in total. The van der Waals surface area contributed by atoms with Gasteiger partial charge in [0.1, 0.15) is 35.1 Å². The molecule has 2 heterocycles. The zero-order valence-electron chi connectivity index (χ0n) is 32.9. The van der Waals surface area contributed by atoms with Crippen molar-refractivity contribution in [1.82, 2.24) is 25.2 Å². The average molecular weight is 802 g/mol. The zero-order valence-corrected chi connectivity index (χ0v) is 33.7. The van der Waals surface area contributed by atoms with Crippen LogP contribution in [0.3, 0.4) is 0 Å². The highest BCUT2D eigenvalue weighted by atomic mass is 32.2. The van der Waals surface area contributed by atoms with Crippen LogP contribution in [0.15, 0.2) is 42.5 Å². The lowest BCUT2D eigenvalue weighted by Gasteiger charge is -2.37. The third-order valence-corrected chi connectivity index (χ3v) is 12.1. The Kier molecular flexibility index (Phi) is 11.8. The Morgan fingerprint density at radius 1 is 1.07 bits per heavy atom. The van der Waals surface area contributed by atoms with Crippen molar-refractivity contribution in [2.45, 2.75) is 128 Å². The summed E-state index contributed by atoms with van der Waals surface area (Å²) < 4.78 is 53.3. The number of fused-ring (bicyclic) bond motifs is 1. The molecule has 56 heavy (non-hydrogen) atoms. The summed E-state index contributed by atoms with van der Waals surface area (Å²) in [7, 11) is -3.98. The highest BCUT2D eigenvalue weighted by Gasteiger charge is 2.62. The van der Waals surface area contributed by atoms with E-state index in [1.165, 1.54) is 29.2 Å². The van der Waals surface area contributed by atoms with Gasteiger partial charge in [-0.1, -0.05) is 37.6 Å². The van der Waals surface area contributed by atoms with Gasteiger partial charge in [0.25, 0.3) is 5.91 Å². The van der Waals surface area contributed by atoms with Crippen LogP contribution in [0.4, 0.5) is 14.0 Å². The molecule has 0 aromatic heterocycles. The predicted molar refractivity (Wildman–Crippen MR) is 201 cm³/mol. The first-order valence-corrected chi connectivity index (χ1v) is 20.2. The monoisotopic (exact) mass is 801 g/mol. The molecule has 1 aromatic carbocycles. The van der Waals surface area contributed by atoms with Gasteiger partial charge >= 0.3 is 12.2 Å². The molecule has 0 radical (unpaired) electrons. The van der Waals surface area contributed by atoms with Gasteiger partial charge in [-0.2, -0.15) is 0 Å².